The number of nitrogens with one attached hydrogen (secondary N) is 1. The minimum absolute atomic E-state index is 0.142. The molecule has 1 heterocycles. The van der Waals surface area contributed by atoms with Crippen LogP contribution in [0.1, 0.15) is 21.5 Å². The summed E-state index contributed by atoms with van der Waals surface area (Å²) in [6.45, 7) is 0. The van der Waals surface area contributed by atoms with Crippen molar-refractivity contribution in [2.45, 2.75) is 0 Å². The van der Waals surface area contributed by atoms with E-state index in [0.717, 1.165) is 28.1 Å². The normalized spacial score (nSPS) is 11.2. The molecule has 0 aliphatic rings. The Morgan fingerprint density at radius 1 is 0.769 bits per heavy atom. The second-order valence-electron chi connectivity index (χ2n) is 8.73. The predicted octanol–water partition coefficient (Wildman–Crippen LogP) is 7.74. The van der Waals surface area contributed by atoms with Crippen molar-refractivity contribution in [2.75, 3.05) is 5.32 Å². The van der Waals surface area contributed by atoms with Crippen molar-refractivity contribution in [1.29, 1.82) is 0 Å². The number of para-hydroxylation sites is 1. The average molecular weight is 530 g/mol. The fourth-order valence-corrected chi connectivity index (χ4v) is 4.19. The Labute approximate surface area is 231 Å². The number of hydrogen-bond acceptors (Lipinski definition) is 3. The molecule has 39 heavy (non-hydrogen) atoms. The number of hydrogen-bond donors (Lipinski definition) is 1. The number of allylic oxidation sites excluding steroid dienone is 1. The van der Waals surface area contributed by atoms with E-state index in [1.165, 1.54) is 12.2 Å². The van der Waals surface area contributed by atoms with Gasteiger partial charge < -0.3 is 5.32 Å². The Hall–Kier alpha value is -5.00. The third kappa shape index (κ3) is 6.66. The van der Waals surface area contributed by atoms with Crippen LogP contribution in [0.4, 0.5) is 5.69 Å². The van der Waals surface area contributed by atoms with Crippen molar-refractivity contribution in [2.24, 2.45) is 0 Å². The first-order chi connectivity index (χ1) is 19.0. The Morgan fingerprint density at radius 2 is 1.49 bits per heavy atom. The summed E-state index contributed by atoms with van der Waals surface area (Å²) >= 11 is 5.99. The van der Waals surface area contributed by atoms with Gasteiger partial charge in [-0.05, 0) is 66.2 Å². The quantitative estimate of drug-likeness (QED) is 0.165. The van der Waals surface area contributed by atoms with Crippen molar-refractivity contribution in [3.8, 4) is 16.9 Å². The minimum atomic E-state index is -0.290. The SMILES string of the molecule is O=C(/C=C/c1cn(-c2ccccc2)nc1-c1ccccc1)Nc1ccc(C(=O)/C=C/c2cccc(Cl)c2)cc1. The van der Waals surface area contributed by atoms with Crippen LogP contribution in [0.3, 0.4) is 0 Å². The number of carbonyl (C=O) groups excluding carboxylic acids is 2. The number of rotatable bonds is 8. The maximum Gasteiger partial charge on any atom is 0.248 e. The zero-order valence-electron chi connectivity index (χ0n) is 20.9. The summed E-state index contributed by atoms with van der Waals surface area (Å²) in [6, 6.07) is 33.7. The van der Waals surface area contributed by atoms with Gasteiger partial charge >= 0.3 is 0 Å². The number of halogens is 1. The van der Waals surface area contributed by atoms with Crippen LogP contribution in [0, 0.1) is 0 Å². The predicted molar refractivity (Wildman–Crippen MR) is 158 cm³/mol. The molecule has 0 saturated carbocycles. The lowest BCUT2D eigenvalue weighted by atomic mass is 10.1. The number of benzene rings is 4. The van der Waals surface area contributed by atoms with Crippen LogP contribution in [0.5, 0.6) is 0 Å². The molecule has 0 bridgehead atoms. The smallest absolute Gasteiger partial charge is 0.248 e. The molecule has 0 saturated heterocycles. The summed E-state index contributed by atoms with van der Waals surface area (Å²) in [5.74, 6) is -0.432. The highest BCUT2D eigenvalue weighted by Gasteiger charge is 2.11. The Bertz CT molecular complexity index is 1650. The highest BCUT2D eigenvalue weighted by atomic mass is 35.5. The van der Waals surface area contributed by atoms with Crippen molar-refractivity contribution >= 4 is 41.1 Å². The summed E-state index contributed by atoms with van der Waals surface area (Å²) in [5, 5.41) is 8.22. The van der Waals surface area contributed by atoms with Crippen LogP contribution in [0.25, 0.3) is 29.1 Å². The molecular formula is C33H24ClN3O2. The molecule has 0 radical (unpaired) electrons. The summed E-state index contributed by atoms with van der Waals surface area (Å²) < 4.78 is 1.80. The first-order valence-electron chi connectivity index (χ1n) is 12.3. The monoisotopic (exact) mass is 529 g/mol. The molecule has 0 atom stereocenters. The molecule has 5 nitrogen and oxygen atoms in total. The van der Waals surface area contributed by atoms with E-state index in [-0.39, 0.29) is 11.7 Å². The molecule has 5 rings (SSSR count). The zero-order chi connectivity index (χ0) is 27.0. The van der Waals surface area contributed by atoms with Crippen LogP contribution in [-0.2, 0) is 4.79 Å². The van der Waals surface area contributed by atoms with Gasteiger partial charge in [0, 0.05) is 39.7 Å². The van der Waals surface area contributed by atoms with Crippen molar-refractivity contribution in [1.82, 2.24) is 9.78 Å². The van der Waals surface area contributed by atoms with Crippen molar-refractivity contribution in [3.63, 3.8) is 0 Å². The Balaban J connectivity index is 1.28. The molecule has 0 unspecified atom stereocenters. The number of anilines is 1. The van der Waals surface area contributed by atoms with Crippen LogP contribution >= 0.6 is 11.6 Å². The van der Waals surface area contributed by atoms with Gasteiger partial charge in [-0.1, -0.05) is 78.3 Å². The summed E-state index contributed by atoms with van der Waals surface area (Å²) in [4.78, 5) is 25.2. The van der Waals surface area contributed by atoms with E-state index >= 15 is 0 Å². The number of amides is 1. The fourth-order valence-electron chi connectivity index (χ4n) is 3.99. The molecular weight excluding hydrogens is 506 g/mol. The average Bonchev–Trinajstić information content (AvgIpc) is 3.41. The third-order valence-corrected chi connectivity index (χ3v) is 6.17. The molecule has 0 fully saturated rings. The van der Waals surface area contributed by atoms with Gasteiger partial charge in [-0.3, -0.25) is 9.59 Å². The molecule has 1 aromatic heterocycles. The van der Waals surface area contributed by atoms with Crippen LogP contribution in [0.2, 0.25) is 5.02 Å². The van der Waals surface area contributed by atoms with E-state index in [1.807, 2.05) is 79.0 Å². The standard InChI is InChI=1S/C33H24ClN3O2/c34-28-11-7-8-24(22-28)14-20-31(38)25-15-18-29(19-16-25)35-32(39)21-17-27-23-37(30-12-5-2-6-13-30)36-33(27)26-9-3-1-4-10-26/h1-23H,(H,35,39)/b20-14+,21-17+. The van der Waals surface area contributed by atoms with E-state index < -0.39 is 0 Å². The summed E-state index contributed by atoms with van der Waals surface area (Å²) in [7, 11) is 0. The minimum Gasteiger partial charge on any atom is -0.323 e. The van der Waals surface area contributed by atoms with Gasteiger partial charge in [0.05, 0.1) is 11.4 Å². The van der Waals surface area contributed by atoms with Gasteiger partial charge in [0.1, 0.15) is 0 Å². The maximum absolute atomic E-state index is 12.7. The molecule has 190 valence electrons. The topological polar surface area (TPSA) is 64.0 Å². The molecule has 1 N–H and O–H groups in total. The van der Waals surface area contributed by atoms with Gasteiger partial charge in [0.15, 0.2) is 5.78 Å². The number of nitrogens with zero attached hydrogens (tertiary/aromatic N) is 2. The highest BCUT2D eigenvalue weighted by Crippen LogP contribution is 2.25. The van der Waals surface area contributed by atoms with Gasteiger partial charge in [-0.25, -0.2) is 4.68 Å². The molecule has 0 aliphatic heterocycles. The molecule has 1 amide bonds. The third-order valence-electron chi connectivity index (χ3n) is 5.94. The Kier molecular flexibility index (Phi) is 7.91. The fraction of sp³-hybridized carbons (Fsp3) is 0. The van der Waals surface area contributed by atoms with Gasteiger partial charge in [-0.2, -0.15) is 5.10 Å². The largest absolute Gasteiger partial charge is 0.323 e. The van der Waals surface area contributed by atoms with E-state index in [0.29, 0.717) is 16.3 Å². The molecule has 6 heteroatoms. The van der Waals surface area contributed by atoms with Crippen molar-refractivity contribution in [3.05, 3.63) is 149 Å². The lowest BCUT2D eigenvalue weighted by Crippen LogP contribution is -2.07. The number of carbonyl (C=O) groups is 2. The van der Waals surface area contributed by atoms with E-state index in [9.17, 15) is 9.59 Å². The van der Waals surface area contributed by atoms with Crippen molar-refractivity contribution < 1.29 is 9.59 Å². The molecule has 4 aromatic carbocycles. The van der Waals surface area contributed by atoms with E-state index in [2.05, 4.69) is 5.32 Å². The lowest BCUT2D eigenvalue weighted by Gasteiger charge is -2.03. The summed E-state index contributed by atoms with van der Waals surface area (Å²) in [5.41, 5.74) is 5.42. The Morgan fingerprint density at radius 3 is 2.21 bits per heavy atom. The molecule has 0 spiro atoms. The lowest BCUT2D eigenvalue weighted by molar-refractivity contribution is -0.111. The number of aromatic nitrogens is 2. The molecule has 5 aromatic rings. The highest BCUT2D eigenvalue weighted by molar-refractivity contribution is 6.30. The van der Waals surface area contributed by atoms with Crippen LogP contribution in [0.15, 0.2) is 128 Å². The van der Waals surface area contributed by atoms with E-state index in [1.54, 1.807) is 53.2 Å². The second kappa shape index (κ2) is 12.0. The first-order valence-corrected chi connectivity index (χ1v) is 12.7. The summed E-state index contributed by atoms with van der Waals surface area (Å²) in [6.07, 6.45) is 8.35. The van der Waals surface area contributed by atoms with Crippen LogP contribution < -0.4 is 5.32 Å². The van der Waals surface area contributed by atoms with Crippen LogP contribution in [-0.4, -0.2) is 21.5 Å². The maximum atomic E-state index is 12.7. The second-order valence-corrected chi connectivity index (χ2v) is 9.17. The molecule has 0 aliphatic carbocycles. The van der Waals surface area contributed by atoms with Gasteiger partial charge in [0.2, 0.25) is 5.91 Å². The van der Waals surface area contributed by atoms with Gasteiger partial charge in [-0.15, -0.1) is 0 Å². The zero-order valence-corrected chi connectivity index (χ0v) is 21.6. The van der Waals surface area contributed by atoms with Gasteiger partial charge in [0.25, 0.3) is 0 Å². The van der Waals surface area contributed by atoms with E-state index in [4.69, 9.17) is 16.7 Å². The first kappa shape index (κ1) is 25.6. The number of ketones is 1.